The Morgan fingerprint density at radius 2 is 1.67 bits per heavy atom. The quantitative estimate of drug-likeness (QED) is 0.843. The fraction of sp³-hybridized carbons (Fsp3) is 0.556. The molecule has 1 aliphatic heterocycles. The van der Waals surface area contributed by atoms with Crippen LogP contribution in [-0.4, -0.2) is 48.1 Å². The number of hydrogen-bond donors (Lipinski definition) is 1. The zero-order chi connectivity index (χ0) is 15.3. The number of nitrogens with zero attached hydrogens (tertiary/aromatic N) is 2. The van der Waals surface area contributed by atoms with Crippen molar-refractivity contribution in [1.82, 2.24) is 9.80 Å². The third kappa shape index (κ3) is 4.86. The first kappa shape index (κ1) is 16.0. The van der Waals surface area contributed by atoms with E-state index in [1.165, 1.54) is 5.56 Å². The molecule has 1 aromatic rings. The van der Waals surface area contributed by atoms with E-state index < -0.39 is 0 Å². The van der Waals surface area contributed by atoms with Crippen molar-refractivity contribution in [1.29, 1.82) is 0 Å². The molecule has 2 rings (SSSR count). The Kier molecular flexibility index (Phi) is 5.41. The molecule has 0 aromatic heterocycles. The lowest BCUT2D eigenvalue weighted by molar-refractivity contribution is 0.0591. The van der Waals surface area contributed by atoms with E-state index >= 15 is 0 Å². The first-order valence-corrected chi connectivity index (χ1v) is 7.74. The van der Waals surface area contributed by atoms with E-state index in [-0.39, 0.29) is 5.54 Å². The van der Waals surface area contributed by atoms with Gasteiger partial charge in [0.05, 0.1) is 6.54 Å². The van der Waals surface area contributed by atoms with E-state index in [0.717, 1.165) is 38.3 Å². The molecule has 0 spiro atoms. The molecule has 0 atom stereocenters. The van der Waals surface area contributed by atoms with Crippen LogP contribution in [0.5, 0.6) is 0 Å². The van der Waals surface area contributed by atoms with Gasteiger partial charge in [0.15, 0.2) is 0 Å². The molecular formula is C18H27N3. The highest BCUT2D eigenvalue weighted by molar-refractivity contribution is 5.36. The summed E-state index contributed by atoms with van der Waals surface area (Å²) < 4.78 is 0. The van der Waals surface area contributed by atoms with E-state index in [1.807, 2.05) is 0 Å². The summed E-state index contributed by atoms with van der Waals surface area (Å²) in [5.74, 6) is 5.95. The van der Waals surface area contributed by atoms with E-state index in [4.69, 9.17) is 5.73 Å². The molecule has 0 unspecified atom stereocenters. The number of piperazine rings is 1. The molecule has 114 valence electrons. The molecule has 0 bridgehead atoms. The fourth-order valence-electron chi connectivity index (χ4n) is 2.68. The van der Waals surface area contributed by atoms with Crippen LogP contribution in [0.4, 0.5) is 0 Å². The molecule has 3 heteroatoms. The lowest BCUT2D eigenvalue weighted by atomic mass is 10.0. The molecule has 1 aliphatic rings. The summed E-state index contributed by atoms with van der Waals surface area (Å²) in [4.78, 5) is 5.10. The minimum atomic E-state index is 0.287. The summed E-state index contributed by atoms with van der Waals surface area (Å²) in [6, 6.07) is 8.53. The second-order valence-electron chi connectivity index (χ2n) is 6.64. The zero-order valence-corrected chi connectivity index (χ0v) is 13.5. The van der Waals surface area contributed by atoms with E-state index in [0.29, 0.717) is 6.54 Å². The highest BCUT2D eigenvalue weighted by Gasteiger charge is 2.25. The van der Waals surface area contributed by atoms with Gasteiger partial charge in [-0.05, 0) is 38.5 Å². The average molecular weight is 285 g/mol. The van der Waals surface area contributed by atoms with Crippen molar-refractivity contribution in [3.05, 3.63) is 35.4 Å². The summed E-state index contributed by atoms with van der Waals surface area (Å²) in [6.07, 6.45) is 0. The second kappa shape index (κ2) is 7.09. The van der Waals surface area contributed by atoms with E-state index in [2.05, 4.69) is 66.7 Å². The smallest absolute Gasteiger partial charge is 0.0555 e. The van der Waals surface area contributed by atoms with Crippen molar-refractivity contribution in [3.8, 4) is 11.8 Å². The second-order valence-corrected chi connectivity index (χ2v) is 6.64. The van der Waals surface area contributed by atoms with Crippen LogP contribution >= 0.6 is 0 Å². The van der Waals surface area contributed by atoms with Crippen molar-refractivity contribution in [2.45, 2.75) is 32.9 Å². The summed E-state index contributed by atoms with van der Waals surface area (Å²) in [6.45, 7) is 12.9. The maximum absolute atomic E-state index is 5.39. The van der Waals surface area contributed by atoms with Crippen molar-refractivity contribution >= 4 is 0 Å². The first-order valence-electron chi connectivity index (χ1n) is 7.74. The maximum atomic E-state index is 5.39. The minimum Gasteiger partial charge on any atom is -0.320 e. The monoisotopic (exact) mass is 285 g/mol. The van der Waals surface area contributed by atoms with Gasteiger partial charge in [-0.25, -0.2) is 0 Å². The molecule has 21 heavy (non-hydrogen) atoms. The molecule has 3 nitrogen and oxygen atoms in total. The van der Waals surface area contributed by atoms with Crippen LogP contribution in [0.1, 0.15) is 31.9 Å². The number of hydrogen-bond acceptors (Lipinski definition) is 3. The standard InChI is InChI=1S/C18H27N3/c1-18(2,3)21-13-11-20(12-14-21)15-17-8-6-16(7-9-17)5-4-10-19/h6-9H,10-15,19H2,1-3H3. The fourth-order valence-corrected chi connectivity index (χ4v) is 2.68. The lowest BCUT2D eigenvalue weighted by Crippen LogP contribution is -2.53. The van der Waals surface area contributed by atoms with Crippen LogP contribution in [0.25, 0.3) is 0 Å². The van der Waals surface area contributed by atoms with Gasteiger partial charge in [-0.2, -0.15) is 0 Å². The predicted molar refractivity (Wildman–Crippen MR) is 89.0 cm³/mol. The molecule has 1 aromatic carbocycles. The summed E-state index contributed by atoms with van der Waals surface area (Å²) in [7, 11) is 0. The third-order valence-electron chi connectivity index (χ3n) is 4.02. The van der Waals surface area contributed by atoms with Crippen LogP contribution in [0, 0.1) is 11.8 Å². The predicted octanol–water partition coefficient (Wildman–Crippen LogP) is 1.91. The molecule has 0 aliphatic carbocycles. The van der Waals surface area contributed by atoms with Crippen molar-refractivity contribution in [2.24, 2.45) is 5.73 Å². The van der Waals surface area contributed by atoms with E-state index in [9.17, 15) is 0 Å². The lowest BCUT2D eigenvalue weighted by Gasteiger charge is -2.42. The normalized spacial score (nSPS) is 17.3. The number of benzene rings is 1. The Balaban J connectivity index is 1.86. The summed E-state index contributed by atoms with van der Waals surface area (Å²) >= 11 is 0. The first-order chi connectivity index (χ1) is 9.99. The average Bonchev–Trinajstić information content (AvgIpc) is 2.46. The van der Waals surface area contributed by atoms with Gasteiger partial charge in [0.1, 0.15) is 0 Å². The highest BCUT2D eigenvalue weighted by atomic mass is 15.3. The molecule has 0 saturated carbocycles. The number of nitrogens with two attached hydrogens (primary N) is 1. The van der Waals surface area contributed by atoms with Crippen molar-refractivity contribution < 1.29 is 0 Å². The Morgan fingerprint density at radius 1 is 1.05 bits per heavy atom. The van der Waals surface area contributed by atoms with Crippen LogP contribution in [0.2, 0.25) is 0 Å². The van der Waals surface area contributed by atoms with Gasteiger partial charge in [-0.1, -0.05) is 24.0 Å². The SMILES string of the molecule is CC(C)(C)N1CCN(Cc2ccc(C#CCN)cc2)CC1. The minimum absolute atomic E-state index is 0.287. The molecular weight excluding hydrogens is 258 g/mol. The Morgan fingerprint density at radius 3 is 2.19 bits per heavy atom. The molecule has 1 saturated heterocycles. The Labute approximate surface area is 129 Å². The van der Waals surface area contributed by atoms with Gasteiger partial charge in [-0.15, -0.1) is 0 Å². The van der Waals surface area contributed by atoms with Crippen LogP contribution in [-0.2, 0) is 6.54 Å². The van der Waals surface area contributed by atoms with Crippen LogP contribution in [0.3, 0.4) is 0 Å². The van der Waals surface area contributed by atoms with Gasteiger partial charge in [0.25, 0.3) is 0 Å². The van der Waals surface area contributed by atoms with Crippen LogP contribution in [0.15, 0.2) is 24.3 Å². The van der Waals surface area contributed by atoms with Gasteiger partial charge < -0.3 is 5.73 Å². The Bertz CT molecular complexity index is 494. The molecule has 1 heterocycles. The van der Waals surface area contributed by atoms with Crippen molar-refractivity contribution in [3.63, 3.8) is 0 Å². The molecule has 2 N–H and O–H groups in total. The van der Waals surface area contributed by atoms with Crippen molar-refractivity contribution in [2.75, 3.05) is 32.7 Å². The summed E-state index contributed by atoms with van der Waals surface area (Å²) in [5.41, 5.74) is 8.08. The van der Waals surface area contributed by atoms with Gasteiger partial charge in [0.2, 0.25) is 0 Å². The summed E-state index contributed by atoms with van der Waals surface area (Å²) in [5, 5.41) is 0. The van der Waals surface area contributed by atoms with Crippen LogP contribution < -0.4 is 5.73 Å². The third-order valence-corrected chi connectivity index (χ3v) is 4.02. The largest absolute Gasteiger partial charge is 0.320 e. The number of rotatable bonds is 2. The van der Waals surface area contributed by atoms with Gasteiger partial charge in [0, 0.05) is 43.8 Å². The van der Waals surface area contributed by atoms with Gasteiger partial charge in [-0.3, -0.25) is 9.80 Å². The zero-order valence-electron chi connectivity index (χ0n) is 13.5. The maximum Gasteiger partial charge on any atom is 0.0555 e. The van der Waals surface area contributed by atoms with Gasteiger partial charge >= 0.3 is 0 Å². The Hall–Kier alpha value is -1.34. The molecule has 0 amide bonds. The molecule has 1 fully saturated rings. The van der Waals surface area contributed by atoms with E-state index in [1.54, 1.807) is 0 Å². The molecule has 0 radical (unpaired) electrons. The highest BCUT2D eigenvalue weighted by Crippen LogP contribution is 2.17. The topological polar surface area (TPSA) is 32.5 Å².